The number of carbonyl (C=O) groups excluding carboxylic acids is 3. The average Bonchev–Trinajstić information content (AvgIpc) is 3.24. The molecule has 0 heterocycles. The maximum atomic E-state index is 14.2. The van der Waals surface area contributed by atoms with Gasteiger partial charge in [-0.25, -0.2) is 14.4 Å². The van der Waals surface area contributed by atoms with Crippen LogP contribution in [0.4, 0.5) is 13.2 Å². The first kappa shape index (κ1) is 43.1. The van der Waals surface area contributed by atoms with Crippen LogP contribution in [0.3, 0.4) is 0 Å². The molecule has 304 valence electrons. The van der Waals surface area contributed by atoms with Gasteiger partial charge in [-0.1, -0.05) is 55.6 Å². The topological polar surface area (TPSA) is 107 Å². The number of fused-ring (bicyclic) bond motifs is 2. The van der Waals surface area contributed by atoms with E-state index in [1.165, 1.54) is 30.7 Å². The number of alkyl halides is 3. The standard InChI is InChI=1S/C47H41F3O9/c1-3-44(51)56-25-11-7-5-9-23-54-39-19-17-34-27-33(13-14-36(34)29-39)32-58-43-22-21-41(31-42(43)47(48,49)50)59-46(53)38-16-15-37-30-40(20-18-35(37)28-38)55-24-10-6-8-12-26-57-45(52)4-2/h3-4,6,8,10,12-22,24,26-31H,1-2,5,7,9,11,23,25,32H2/b8-6+,24-10+,26-12+. The van der Waals surface area contributed by atoms with Gasteiger partial charge in [-0.05, 0) is 126 Å². The lowest BCUT2D eigenvalue weighted by Crippen LogP contribution is -2.12. The highest BCUT2D eigenvalue weighted by molar-refractivity contribution is 5.96. The molecular formula is C47H41F3O9. The van der Waals surface area contributed by atoms with Gasteiger partial charge >= 0.3 is 24.1 Å². The third-order valence-electron chi connectivity index (χ3n) is 8.55. The summed E-state index contributed by atoms with van der Waals surface area (Å²) < 4.78 is 74.8. The molecular weight excluding hydrogens is 766 g/mol. The molecule has 0 saturated carbocycles. The molecule has 12 heteroatoms. The highest BCUT2D eigenvalue weighted by Gasteiger charge is 2.35. The molecule has 0 aliphatic rings. The Morgan fingerprint density at radius 2 is 1.22 bits per heavy atom. The van der Waals surface area contributed by atoms with Gasteiger partial charge in [0.05, 0.1) is 31.3 Å². The molecule has 5 rings (SSSR count). The van der Waals surface area contributed by atoms with E-state index < -0.39 is 35.4 Å². The van der Waals surface area contributed by atoms with Crippen LogP contribution in [0.15, 0.2) is 153 Å². The molecule has 0 saturated heterocycles. The highest BCUT2D eigenvalue weighted by atomic mass is 19.4. The third-order valence-corrected chi connectivity index (χ3v) is 8.55. The molecule has 0 radical (unpaired) electrons. The fraction of sp³-hybridized carbons (Fsp3) is 0.170. The summed E-state index contributed by atoms with van der Waals surface area (Å²) in [6, 6.07) is 24.2. The molecule has 0 atom stereocenters. The zero-order valence-electron chi connectivity index (χ0n) is 32.0. The summed E-state index contributed by atoms with van der Waals surface area (Å²) in [7, 11) is 0. The van der Waals surface area contributed by atoms with E-state index in [0.29, 0.717) is 35.7 Å². The number of allylic oxidation sites excluding steroid dienone is 4. The summed E-state index contributed by atoms with van der Waals surface area (Å²) in [5.74, 6) is -1.28. The van der Waals surface area contributed by atoms with Crippen LogP contribution in [0, 0.1) is 0 Å². The van der Waals surface area contributed by atoms with Crippen LogP contribution in [0.2, 0.25) is 0 Å². The Morgan fingerprint density at radius 1 is 0.593 bits per heavy atom. The molecule has 0 amide bonds. The quantitative estimate of drug-likeness (QED) is 0.0190. The maximum absolute atomic E-state index is 14.2. The summed E-state index contributed by atoms with van der Waals surface area (Å²) in [5.41, 5.74) is -0.279. The zero-order valence-corrected chi connectivity index (χ0v) is 32.0. The zero-order chi connectivity index (χ0) is 42.0. The van der Waals surface area contributed by atoms with E-state index in [0.717, 1.165) is 66.1 Å². The molecule has 0 N–H and O–H groups in total. The Morgan fingerprint density at radius 3 is 1.97 bits per heavy atom. The van der Waals surface area contributed by atoms with Gasteiger partial charge in [-0.15, -0.1) is 0 Å². The van der Waals surface area contributed by atoms with Gasteiger partial charge in [0.15, 0.2) is 0 Å². The average molecular weight is 807 g/mol. The summed E-state index contributed by atoms with van der Waals surface area (Å²) >= 11 is 0. The lowest BCUT2D eigenvalue weighted by Gasteiger charge is -2.16. The number of esters is 3. The van der Waals surface area contributed by atoms with Crippen molar-refractivity contribution in [1.82, 2.24) is 0 Å². The van der Waals surface area contributed by atoms with Crippen molar-refractivity contribution in [3.63, 3.8) is 0 Å². The number of halogens is 3. The van der Waals surface area contributed by atoms with Gasteiger partial charge in [0.25, 0.3) is 0 Å². The van der Waals surface area contributed by atoms with E-state index in [1.807, 2.05) is 30.3 Å². The van der Waals surface area contributed by atoms with Crippen molar-refractivity contribution in [2.75, 3.05) is 13.2 Å². The second kappa shape index (κ2) is 21.4. The lowest BCUT2D eigenvalue weighted by molar-refractivity contribution is -0.139. The van der Waals surface area contributed by atoms with Gasteiger partial charge in [-0.3, -0.25) is 0 Å². The molecule has 0 aliphatic heterocycles. The summed E-state index contributed by atoms with van der Waals surface area (Å²) in [6.45, 7) is 7.43. The molecule has 0 bridgehead atoms. The Bertz CT molecular complexity index is 2380. The lowest BCUT2D eigenvalue weighted by atomic mass is 10.1. The first-order valence-corrected chi connectivity index (χ1v) is 18.5. The van der Waals surface area contributed by atoms with Crippen LogP contribution in [0.1, 0.15) is 47.2 Å². The van der Waals surface area contributed by atoms with Crippen molar-refractivity contribution in [3.8, 4) is 23.0 Å². The van der Waals surface area contributed by atoms with Crippen molar-refractivity contribution < 1.29 is 56.0 Å². The van der Waals surface area contributed by atoms with Crippen LogP contribution in [0.5, 0.6) is 23.0 Å². The maximum Gasteiger partial charge on any atom is 0.420 e. The van der Waals surface area contributed by atoms with Crippen LogP contribution in [-0.2, 0) is 31.8 Å². The molecule has 5 aromatic rings. The van der Waals surface area contributed by atoms with Crippen LogP contribution in [-0.4, -0.2) is 31.1 Å². The largest absolute Gasteiger partial charge is 0.494 e. The van der Waals surface area contributed by atoms with E-state index in [9.17, 15) is 27.6 Å². The van der Waals surface area contributed by atoms with E-state index >= 15 is 0 Å². The van der Waals surface area contributed by atoms with Crippen LogP contribution >= 0.6 is 0 Å². The summed E-state index contributed by atoms with van der Waals surface area (Å²) in [5, 5.41) is 3.20. The number of rotatable bonds is 20. The Balaban J connectivity index is 1.13. The second-order valence-electron chi connectivity index (χ2n) is 12.8. The van der Waals surface area contributed by atoms with Crippen molar-refractivity contribution >= 4 is 39.5 Å². The fourth-order valence-corrected chi connectivity index (χ4v) is 5.59. The normalized spacial score (nSPS) is 11.6. The van der Waals surface area contributed by atoms with Crippen LogP contribution < -0.4 is 18.9 Å². The minimum Gasteiger partial charge on any atom is -0.494 e. The SMILES string of the molecule is C=CC(=O)O/C=C/C=C/C=C/Oc1ccc2cc(C(=O)Oc3ccc(OCc4ccc5cc(OCCCCCCOC(=O)C=C)ccc5c4)c(C(F)(F)F)c3)ccc2c1. The first-order valence-electron chi connectivity index (χ1n) is 18.5. The van der Waals surface area contributed by atoms with Crippen molar-refractivity contribution in [2.24, 2.45) is 0 Å². The summed E-state index contributed by atoms with van der Waals surface area (Å²) in [6.07, 6.45) is 9.98. The van der Waals surface area contributed by atoms with E-state index in [1.54, 1.807) is 54.6 Å². The predicted octanol–water partition coefficient (Wildman–Crippen LogP) is 11.2. The van der Waals surface area contributed by atoms with Crippen LogP contribution in [0.25, 0.3) is 21.5 Å². The number of hydrogen-bond acceptors (Lipinski definition) is 9. The molecule has 0 fully saturated rings. The fourth-order valence-electron chi connectivity index (χ4n) is 5.59. The Hall–Kier alpha value is -7.08. The monoisotopic (exact) mass is 806 g/mol. The molecule has 0 unspecified atom stereocenters. The number of hydrogen-bond donors (Lipinski definition) is 0. The molecule has 0 spiro atoms. The molecule has 0 aromatic heterocycles. The molecule has 9 nitrogen and oxygen atoms in total. The highest BCUT2D eigenvalue weighted by Crippen LogP contribution is 2.39. The smallest absolute Gasteiger partial charge is 0.420 e. The Kier molecular flexibility index (Phi) is 15.6. The van der Waals surface area contributed by atoms with Gasteiger partial charge < -0.3 is 28.4 Å². The van der Waals surface area contributed by atoms with E-state index in [4.69, 9.17) is 28.4 Å². The second-order valence-corrected chi connectivity index (χ2v) is 12.8. The van der Waals surface area contributed by atoms with Crippen molar-refractivity contribution in [2.45, 2.75) is 38.5 Å². The third kappa shape index (κ3) is 13.5. The number of carbonyl (C=O) groups is 3. The minimum absolute atomic E-state index is 0.130. The van der Waals surface area contributed by atoms with Gasteiger partial charge in [0, 0.05) is 12.2 Å². The molecule has 59 heavy (non-hydrogen) atoms. The van der Waals surface area contributed by atoms with Gasteiger partial charge in [0.1, 0.15) is 35.2 Å². The van der Waals surface area contributed by atoms with Crippen molar-refractivity contribution in [1.29, 1.82) is 0 Å². The first-order chi connectivity index (χ1) is 28.5. The number of ether oxygens (including phenoxy) is 6. The molecule has 0 aliphatic carbocycles. The van der Waals surface area contributed by atoms with Gasteiger partial charge in [0.2, 0.25) is 0 Å². The number of unbranched alkanes of at least 4 members (excludes halogenated alkanes) is 3. The molecule has 5 aromatic carbocycles. The van der Waals surface area contributed by atoms with Gasteiger partial charge in [-0.2, -0.15) is 13.2 Å². The van der Waals surface area contributed by atoms with E-state index in [2.05, 4.69) is 13.2 Å². The Labute approximate surface area is 339 Å². The summed E-state index contributed by atoms with van der Waals surface area (Å²) in [4.78, 5) is 35.1. The number of benzene rings is 5. The van der Waals surface area contributed by atoms with E-state index in [-0.39, 0.29) is 17.9 Å². The predicted molar refractivity (Wildman–Crippen MR) is 218 cm³/mol. The van der Waals surface area contributed by atoms with Crippen molar-refractivity contribution in [3.05, 3.63) is 170 Å². The minimum atomic E-state index is -4.79.